The first-order valence-corrected chi connectivity index (χ1v) is 7.84. The molecule has 17 heavy (non-hydrogen) atoms. The monoisotopic (exact) mass is 263 g/mol. The number of rotatable bonds is 4. The number of nitrogens with one attached hydrogen (secondary N) is 1. The van der Waals surface area contributed by atoms with Gasteiger partial charge in [-0.3, -0.25) is 0 Å². The summed E-state index contributed by atoms with van der Waals surface area (Å²) in [5.74, 6) is 0. The highest BCUT2D eigenvalue weighted by Crippen LogP contribution is 2.31. The second-order valence-electron chi connectivity index (χ2n) is 5.10. The molecule has 6 heteroatoms. The molecule has 1 heterocycles. The molecule has 0 bridgehead atoms. The van der Waals surface area contributed by atoms with Crippen molar-refractivity contribution in [3.63, 3.8) is 0 Å². The number of ether oxygens (including phenoxy) is 1. The van der Waals surface area contributed by atoms with Gasteiger partial charge in [-0.1, -0.05) is 12.8 Å². The van der Waals surface area contributed by atoms with Gasteiger partial charge in [-0.2, -0.15) is 0 Å². The minimum absolute atomic E-state index is 0.102. The van der Waals surface area contributed by atoms with Crippen molar-refractivity contribution in [2.75, 3.05) is 19.8 Å². The van der Waals surface area contributed by atoms with E-state index in [2.05, 4.69) is 4.72 Å². The topological polar surface area (TPSA) is 75.6 Å². The molecule has 0 radical (unpaired) electrons. The standard InChI is InChI=1S/C11H21NO4S/c13-9-11(5-1-2-6-11)12-17(14,15)10-3-7-16-8-4-10/h10,12-13H,1-9H2. The van der Waals surface area contributed by atoms with Gasteiger partial charge in [0.1, 0.15) is 0 Å². The van der Waals surface area contributed by atoms with Gasteiger partial charge in [0.25, 0.3) is 0 Å². The molecule has 1 aliphatic carbocycles. The van der Waals surface area contributed by atoms with Crippen molar-refractivity contribution in [3.05, 3.63) is 0 Å². The minimum Gasteiger partial charge on any atom is -0.394 e. The molecule has 1 saturated heterocycles. The van der Waals surface area contributed by atoms with E-state index >= 15 is 0 Å². The minimum atomic E-state index is -3.33. The Morgan fingerprint density at radius 3 is 2.35 bits per heavy atom. The van der Waals surface area contributed by atoms with Crippen LogP contribution in [0.4, 0.5) is 0 Å². The van der Waals surface area contributed by atoms with E-state index in [0.717, 1.165) is 25.7 Å². The van der Waals surface area contributed by atoms with E-state index in [9.17, 15) is 13.5 Å². The average Bonchev–Trinajstić information content (AvgIpc) is 2.79. The van der Waals surface area contributed by atoms with Gasteiger partial charge in [0.2, 0.25) is 10.0 Å². The fourth-order valence-corrected chi connectivity index (χ4v) is 4.57. The van der Waals surface area contributed by atoms with E-state index in [1.54, 1.807) is 0 Å². The van der Waals surface area contributed by atoms with Crippen molar-refractivity contribution in [1.82, 2.24) is 4.72 Å². The zero-order valence-corrected chi connectivity index (χ0v) is 10.8. The SMILES string of the molecule is O=S(=O)(NC1(CO)CCCC1)C1CCOCC1. The molecule has 0 spiro atoms. The number of hydrogen-bond donors (Lipinski definition) is 2. The summed E-state index contributed by atoms with van der Waals surface area (Å²) in [6.45, 7) is 0.921. The Kier molecular flexibility index (Phi) is 4.07. The van der Waals surface area contributed by atoms with Gasteiger partial charge < -0.3 is 9.84 Å². The molecule has 2 aliphatic rings. The first kappa shape index (κ1) is 13.3. The van der Waals surface area contributed by atoms with Gasteiger partial charge in [-0.25, -0.2) is 13.1 Å². The molecule has 5 nitrogen and oxygen atoms in total. The number of aliphatic hydroxyl groups is 1. The second-order valence-corrected chi connectivity index (χ2v) is 7.07. The largest absolute Gasteiger partial charge is 0.394 e. The van der Waals surface area contributed by atoms with Crippen LogP contribution in [0.5, 0.6) is 0 Å². The summed E-state index contributed by atoms with van der Waals surface area (Å²) in [7, 11) is -3.33. The van der Waals surface area contributed by atoms with Crippen molar-refractivity contribution in [2.45, 2.75) is 49.3 Å². The summed E-state index contributed by atoms with van der Waals surface area (Å²) in [5.41, 5.74) is -0.600. The normalized spacial score (nSPS) is 26.2. The predicted octanol–water partition coefficient (Wildman–Crippen LogP) is 0.390. The van der Waals surface area contributed by atoms with Crippen molar-refractivity contribution in [2.24, 2.45) is 0 Å². The smallest absolute Gasteiger partial charge is 0.215 e. The Bertz CT molecular complexity index is 342. The first-order chi connectivity index (χ1) is 8.08. The molecule has 0 unspecified atom stereocenters. The summed E-state index contributed by atoms with van der Waals surface area (Å²) >= 11 is 0. The molecule has 0 amide bonds. The molecular weight excluding hydrogens is 242 g/mol. The van der Waals surface area contributed by atoms with Gasteiger partial charge in [-0.15, -0.1) is 0 Å². The molecule has 100 valence electrons. The zero-order valence-electron chi connectivity index (χ0n) is 10.0. The fourth-order valence-electron chi connectivity index (χ4n) is 2.72. The summed E-state index contributed by atoms with van der Waals surface area (Å²) in [4.78, 5) is 0. The maximum Gasteiger partial charge on any atom is 0.215 e. The van der Waals surface area contributed by atoms with E-state index in [-0.39, 0.29) is 11.9 Å². The summed E-state index contributed by atoms with van der Waals surface area (Å²) in [6, 6.07) is 0. The van der Waals surface area contributed by atoms with Gasteiger partial charge in [0.05, 0.1) is 17.4 Å². The van der Waals surface area contributed by atoms with Crippen LogP contribution in [-0.4, -0.2) is 44.1 Å². The third-order valence-corrected chi connectivity index (χ3v) is 5.90. The van der Waals surface area contributed by atoms with Crippen LogP contribution in [0.1, 0.15) is 38.5 Å². The molecule has 0 aromatic heterocycles. The van der Waals surface area contributed by atoms with Crippen LogP contribution in [0.25, 0.3) is 0 Å². The zero-order chi connectivity index (χ0) is 12.4. The average molecular weight is 263 g/mol. The van der Waals surface area contributed by atoms with E-state index in [4.69, 9.17) is 4.74 Å². The lowest BCUT2D eigenvalue weighted by Crippen LogP contribution is -2.52. The van der Waals surface area contributed by atoms with Crippen LogP contribution < -0.4 is 4.72 Å². The van der Waals surface area contributed by atoms with E-state index < -0.39 is 15.6 Å². The van der Waals surface area contributed by atoms with E-state index in [0.29, 0.717) is 26.1 Å². The highest BCUT2D eigenvalue weighted by Gasteiger charge is 2.39. The predicted molar refractivity (Wildman–Crippen MR) is 64.2 cm³/mol. The lowest BCUT2D eigenvalue weighted by atomic mass is 10.0. The van der Waals surface area contributed by atoms with Crippen LogP contribution >= 0.6 is 0 Å². The molecule has 1 saturated carbocycles. The Morgan fingerprint density at radius 1 is 1.24 bits per heavy atom. The van der Waals surface area contributed by atoms with E-state index in [1.807, 2.05) is 0 Å². The van der Waals surface area contributed by atoms with Gasteiger partial charge in [-0.05, 0) is 25.7 Å². The van der Waals surface area contributed by atoms with E-state index in [1.165, 1.54) is 0 Å². The number of hydrogen-bond acceptors (Lipinski definition) is 4. The van der Waals surface area contributed by atoms with Gasteiger partial charge in [0, 0.05) is 13.2 Å². The van der Waals surface area contributed by atoms with Crippen molar-refractivity contribution in [1.29, 1.82) is 0 Å². The first-order valence-electron chi connectivity index (χ1n) is 6.29. The van der Waals surface area contributed by atoms with Crippen LogP contribution in [0.15, 0.2) is 0 Å². The maximum absolute atomic E-state index is 12.2. The fraction of sp³-hybridized carbons (Fsp3) is 1.00. The molecule has 0 aromatic carbocycles. The van der Waals surface area contributed by atoms with Crippen LogP contribution in [0.3, 0.4) is 0 Å². The highest BCUT2D eigenvalue weighted by atomic mass is 32.2. The second kappa shape index (κ2) is 5.22. The Hall–Kier alpha value is -0.170. The van der Waals surface area contributed by atoms with Crippen molar-refractivity contribution >= 4 is 10.0 Å². The Morgan fingerprint density at radius 2 is 1.82 bits per heavy atom. The van der Waals surface area contributed by atoms with Gasteiger partial charge >= 0.3 is 0 Å². The number of aliphatic hydroxyl groups excluding tert-OH is 1. The van der Waals surface area contributed by atoms with Crippen molar-refractivity contribution in [3.8, 4) is 0 Å². The Balaban J connectivity index is 2.05. The molecule has 2 rings (SSSR count). The highest BCUT2D eigenvalue weighted by molar-refractivity contribution is 7.90. The van der Waals surface area contributed by atoms with Crippen LogP contribution in [0, 0.1) is 0 Å². The molecule has 0 atom stereocenters. The third kappa shape index (κ3) is 2.99. The van der Waals surface area contributed by atoms with Crippen molar-refractivity contribution < 1.29 is 18.3 Å². The summed E-state index contributed by atoms with van der Waals surface area (Å²) in [5, 5.41) is 9.07. The summed E-state index contributed by atoms with van der Waals surface area (Å²) in [6.07, 6.45) is 4.55. The van der Waals surface area contributed by atoms with Crippen LogP contribution in [-0.2, 0) is 14.8 Å². The number of sulfonamides is 1. The maximum atomic E-state index is 12.2. The molecule has 1 aliphatic heterocycles. The van der Waals surface area contributed by atoms with Crippen LogP contribution in [0.2, 0.25) is 0 Å². The lowest BCUT2D eigenvalue weighted by molar-refractivity contribution is 0.0975. The molecule has 2 N–H and O–H groups in total. The molecule has 2 fully saturated rings. The molecule has 0 aromatic rings. The van der Waals surface area contributed by atoms with Gasteiger partial charge in [0.15, 0.2) is 0 Å². The molecular formula is C11H21NO4S. The third-order valence-electron chi connectivity index (χ3n) is 3.83. The lowest BCUT2D eigenvalue weighted by Gasteiger charge is -2.31. The summed E-state index contributed by atoms with van der Waals surface area (Å²) < 4.78 is 32.4. The Labute approximate surface area is 103 Å². The quantitative estimate of drug-likeness (QED) is 0.769.